The Morgan fingerprint density at radius 2 is 2.07 bits per heavy atom. The monoisotopic (exact) mass is 220 g/mol. The number of allylic oxidation sites excluding steroid dienone is 1. The summed E-state index contributed by atoms with van der Waals surface area (Å²) < 4.78 is 30.8. The van der Waals surface area contributed by atoms with Gasteiger partial charge in [0.1, 0.15) is 0 Å². The van der Waals surface area contributed by atoms with Crippen LogP contribution < -0.4 is 0 Å². The Morgan fingerprint density at radius 1 is 1.47 bits per heavy atom. The van der Waals surface area contributed by atoms with Crippen LogP contribution in [-0.4, -0.2) is 18.5 Å². The molecule has 0 amide bonds. The smallest absolute Gasteiger partial charge is 0.305 e. The fourth-order valence-electron chi connectivity index (χ4n) is 1.25. The molecule has 0 radical (unpaired) electrons. The van der Waals surface area contributed by atoms with Crippen molar-refractivity contribution in [3.05, 3.63) is 12.2 Å². The third-order valence-corrected chi connectivity index (χ3v) is 1.79. The Labute approximate surface area is 89.3 Å². The first-order valence-corrected chi connectivity index (χ1v) is 5.05. The lowest BCUT2D eigenvalue weighted by Gasteiger charge is -2.15. The van der Waals surface area contributed by atoms with Gasteiger partial charge >= 0.3 is 5.97 Å². The molecule has 88 valence electrons. The van der Waals surface area contributed by atoms with E-state index < -0.39 is 11.9 Å². The summed E-state index contributed by atoms with van der Waals surface area (Å²) >= 11 is 0. The standard InChI is InChI=1S/C11H18F2O2/c1-4-15-10(14)6-5-7-11(12,13)8-9(2)3/h2,4-8H2,1,3H3. The van der Waals surface area contributed by atoms with Crippen molar-refractivity contribution < 1.29 is 18.3 Å². The van der Waals surface area contributed by atoms with Gasteiger partial charge in [0.05, 0.1) is 6.61 Å². The summed E-state index contributed by atoms with van der Waals surface area (Å²) in [6.45, 7) is 6.99. The van der Waals surface area contributed by atoms with E-state index in [-0.39, 0.29) is 25.7 Å². The molecule has 2 nitrogen and oxygen atoms in total. The maximum absolute atomic E-state index is 13.1. The Morgan fingerprint density at radius 3 is 2.53 bits per heavy atom. The van der Waals surface area contributed by atoms with Crippen molar-refractivity contribution in [2.45, 2.75) is 45.5 Å². The first-order valence-electron chi connectivity index (χ1n) is 5.05. The van der Waals surface area contributed by atoms with Crippen LogP contribution in [0.25, 0.3) is 0 Å². The Bertz CT molecular complexity index is 225. The second kappa shape index (κ2) is 6.53. The maximum atomic E-state index is 13.1. The average molecular weight is 220 g/mol. The first-order chi connectivity index (χ1) is 6.87. The number of rotatable bonds is 7. The second-order valence-electron chi connectivity index (χ2n) is 3.65. The van der Waals surface area contributed by atoms with Gasteiger partial charge in [-0.15, -0.1) is 0 Å². The number of ether oxygens (including phenoxy) is 1. The normalized spacial score (nSPS) is 11.2. The predicted molar refractivity (Wildman–Crippen MR) is 54.9 cm³/mol. The van der Waals surface area contributed by atoms with E-state index in [4.69, 9.17) is 0 Å². The largest absolute Gasteiger partial charge is 0.466 e. The highest BCUT2D eigenvalue weighted by molar-refractivity contribution is 5.69. The molecular weight excluding hydrogens is 202 g/mol. The van der Waals surface area contributed by atoms with E-state index in [9.17, 15) is 13.6 Å². The summed E-state index contributed by atoms with van der Waals surface area (Å²) in [5.41, 5.74) is 0.455. The van der Waals surface area contributed by atoms with E-state index in [1.54, 1.807) is 13.8 Å². The lowest BCUT2D eigenvalue weighted by molar-refractivity contribution is -0.143. The number of esters is 1. The highest BCUT2D eigenvalue weighted by Gasteiger charge is 2.28. The molecule has 0 aliphatic rings. The minimum absolute atomic E-state index is 0.0552. The van der Waals surface area contributed by atoms with Crippen LogP contribution >= 0.6 is 0 Å². The number of hydrogen-bond acceptors (Lipinski definition) is 2. The molecule has 0 unspecified atom stereocenters. The predicted octanol–water partition coefficient (Wildman–Crippen LogP) is 3.32. The SMILES string of the molecule is C=C(C)CC(F)(F)CCCC(=O)OCC. The van der Waals surface area contributed by atoms with Gasteiger partial charge in [-0.2, -0.15) is 0 Å². The molecule has 0 fully saturated rings. The zero-order valence-corrected chi connectivity index (χ0v) is 9.32. The lowest BCUT2D eigenvalue weighted by Crippen LogP contribution is -2.17. The molecule has 4 heteroatoms. The molecule has 0 heterocycles. The third-order valence-electron chi connectivity index (χ3n) is 1.79. The quantitative estimate of drug-likeness (QED) is 0.486. The highest BCUT2D eigenvalue weighted by Crippen LogP contribution is 2.28. The minimum Gasteiger partial charge on any atom is -0.466 e. The number of alkyl halides is 2. The number of carbonyl (C=O) groups excluding carboxylic acids is 1. The van der Waals surface area contributed by atoms with Gasteiger partial charge in [0.25, 0.3) is 5.92 Å². The van der Waals surface area contributed by atoms with Crippen molar-refractivity contribution in [1.29, 1.82) is 0 Å². The summed E-state index contributed by atoms with van der Waals surface area (Å²) in [4.78, 5) is 10.9. The average Bonchev–Trinajstić information content (AvgIpc) is 2.01. The van der Waals surface area contributed by atoms with Gasteiger partial charge in [-0.25, -0.2) is 8.78 Å². The second-order valence-corrected chi connectivity index (χ2v) is 3.65. The van der Waals surface area contributed by atoms with Crippen LogP contribution in [0.5, 0.6) is 0 Å². The molecule has 0 atom stereocenters. The molecule has 0 saturated carbocycles. The molecule has 15 heavy (non-hydrogen) atoms. The van der Waals surface area contributed by atoms with E-state index >= 15 is 0 Å². The molecular formula is C11H18F2O2. The summed E-state index contributed by atoms with van der Waals surface area (Å²) in [5, 5.41) is 0. The minimum atomic E-state index is -2.75. The van der Waals surface area contributed by atoms with E-state index in [0.717, 1.165) is 0 Å². The number of halogens is 2. The third kappa shape index (κ3) is 8.09. The maximum Gasteiger partial charge on any atom is 0.305 e. The van der Waals surface area contributed by atoms with Gasteiger partial charge in [0, 0.05) is 19.3 Å². The van der Waals surface area contributed by atoms with Gasteiger partial charge in [-0.1, -0.05) is 12.2 Å². The Kier molecular flexibility index (Phi) is 6.13. The molecule has 0 N–H and O–H groups in total. The fourth-order valence-corrected chi connectivity index (χ4v) is 1.25. The summed E-state index contributed by atoms with van der Waals surface area (Å²) in [6, 6.07) is 0. The number of hydrogen-bond donors (Lipinski definition) is 0. The zero-order chi connectivity index (χ0) is 11.9. The fraction of sp³-hybridized carbons (Fsp3) is 0.727. The summed E-state index contributed by atoms with van der Waals surface area (Å²) in [6.07, 6.45) is -0.396. The van der Waals surface area contributed by atoms with E-state index in [1.807, 2.05) is 0 Å². The van der Waals surface area contributed by atoms with Gasteiger partial charge in [0.15, 0.2) is 0 Å². The van der Waals surface area contributed by atoms with E-state index in [0.29, 0.717) is 12.2 Å². The molecule has 0 aliphatic heterocycles. The van der Waals surface area contributed by atoms with Crippen molar-refractivity contribution in [2.75, 3.05) is 6.61 Å². The molecule has 0 aromatic rings. The van der Waals surface area contributed by atoms with Gasteiger partial charge in [-0.05, 0) is 20.3 Å². The highest BCUT2D eigenvalue weighted by atomic mass is 19.3. The Hall–Kier alpha value is -0.930. The van der Waals surface area contributed by atoms with Gasteiger partial charge in [0.2, 0.25) is 0 Å². The number of carbonyl (C=O) groups is 1. The van der Waals surface area contributed by atoms with Gasteiger partial charge < -0.3 is 4.74 Å². The Balaban J connectivity index is 3.74. The van der Waals surface area contributed by atoms with Crippen molar-refractivity contribution in [3.8, 4) is 0 Å². The summed E-state index contributed by atoms with van der Waals surface area (Å²) in [5.74, 6) is -3.16. The molecule has 0 bridgehead atoms. The molecule has 0 aromatic heterocycles. The topological polar surface area (TPSA) is 26.3 Å². The van der Waals surface area contributed by atoms with Crippen LogP contribution in [0.2, 0.25) is 0 Å². The van der Waals surface area contributed by atoms with Crippen LogP contribution in [0.3, 0.4) is 0 Å². The molecule has 0 aliphatic carbocycles. The zero-order valence-electron chi connectivity index (χ0n) is 9.32. The summed E-state index contributed by atoms with van der Waals surface area (Å²) in [7, 11) is 0. The van der Waals surface area contributed by atoms with Crippen LogP contribution in [0.15, 0.2) is 12.2 Å². The van der Waals surface area contributed by atoms with Crippen LogP contribution in [-0.2, 0) is 9.53 Å². The van der Waals surface area contributed by atoms with Crippen LogP contribution in [0, 0.1) is 0 Å². The first kappa shape index (κ1) is 14.1. The molecule has 0 spiro atoms. The van der Waals surface area contributed by atoms with E-state index in [1.165, 1.54) is 0 Å². The van der Waals surface area contributed by atoms with Crippen molar-refractivity contribution in [3.63, 3.8) is 0 Å². The lowest BCUT2D eigenvalue weighted by atomic mass is 10.0. The van der Waals surface area contributed by atoms with Gasteiger partial charge in [-0.3, -0.25) is 4.79 Å². The molecule has 0 saturated heterocycles. The van der Waals surface area contributed by atoms with Crippen molar-refractivity contribution in [2.24, 2.45) is 0 Å². The van der Waals surface area contributed by atoms with Crippen molar-refractivity contribution >= 4 is 5.97 Å². The van der Waals surface area contributed by atoms with Crippen LogP contribution in [0.4, 0.5) is 8.78 Å². The van der Waals surface area contributed by atoms with Crippen LogP contribution in [0.1, 0.15) is 39.5 Å². The molecule has 0 rings (SSSR count). The molecule has 0 aromatic carbocycles. The van der Waals surface area contributed by atoms with Crippen molar-refractivity contribution in [1.82, 2.24) is 0 Å². The van der Waals surface area contributed by atoms with E-state index in [2.05, 4.69) is 11.3 Å².